The van der Waals surface area contributed by atoms with E-state index in [2.05, 4.69) is 20.6 Å². The summed E-state index contributed by atoms with van der Waals surface area (Å²) in [6.45, 7) is 5.55. The number of rotatable bonds is 8. The molecule has 2 heterocycles. The van der Waals surface area contributed by atoms with E-state index in [1.165, 1.54) is 0 Å². The normalized spacial score (nSPS) is 11.3. The molecule has 2 aromatic heterocycles. The minimum atomic E-state index is -1.10. The Kier molecular flexibility index (Phi) is 7.78. The van der Waals surface area contributed by atoms with Crippen molar-refractivity contribution in [1.82, 2.24) is 14.9 Å². The number of fused-ring (bicyclic) bond motifs is 1. The van der Waals surface area contributed by atoms with Crippen molar-refractivity contribution in [3.63, 3.8) is 0 Å². The van der Waals surface area contributed by atoms with E-state index in [4.69, 9.17) is 16.0 Å². The molecule has 9 nitrogen and oxygen atoms in total. The summed E-state index contributed by atoms with van der Waals surface area (Å²) in [7, 11) is 1.71. The number of pyridine rings is 1. The largest absolute Gasteiger partial charge is 0.389 e. The smallest absolute Gasteiger partial charge is 0.348 e. The number of likely N-dealkylation sites (N-methyl/N-ethyl adjacent to an activating group) is 1. The van der Waals surface area contributed by atoms with E-state index >= 15 is 0 Å². The van der Waals surface area contributed by atoms with Gasteiger partial charge in [-0.3, -0.25) is 14.6 Å². The molecular formula is C28H28ClN5O4. The van der Waals surface area contributed by atoms with Gasteiger partial charge in [-0.2, -0.15) is 4.98 Å². The third-order valence-corrected chi connectivity index (χ3v) is 6.49. The van der Waals surface area contributed by atoms with Crippen molar-refractivity contribution in [1.29, 1.82) is 0 Å². The number of aromatic nitrogens is 2. The molecule has 10 heteroatoms. The Bertz CT molecular complexity index is 1550. The molecule has 0 saturated heterocycles. The first-order chi connectivity index (χ1) is 18.1. The van der Waals surface area contributed by atoms with Crippen LogP contribution in [-0.4, -0.2) is 45.8 Å². The molecule has 38 heavy (non-hydrogen) atoms. The van der Waals surface area contributed by atoms with E-state index < -0.39 is 17.1 Å². The van der Waals surface area contributed by atoms with Gasteiger partial charge in [-0.1, -0.05) is 29.8 Å². The van der Waals surface area contributed by atoms with E-state index in [-0.39, 0.29) is 17.3 Å². The van der Waals surface area contributed by atoms with Gasteiger partial charge in [0.1, 0.15) is 5.54 Å². The molecule has 0 aliphatic carbocycles. The molecule has 0 aliphatic rings. The summed E-state index contributed by atoms with van der Waals surface area (Å²) in [6, 6.07) is 15.5. The Balaban J connectivity index is 1.51. The van der Waals surface area contributed by atoms with E-state index in [9.17, 15) is 14.4 Å². The third-order valence-electron chi connectivity index (χ3n) is 6.16. The van der Waals surface area contributed by atoms with Gasteiger partial charge in [-0.15, -0.1) is 0 Å². The van der Waals surface area contributed by atoms with Gasteiger partial charge in [0.05, 0.1) is 21.5 Å². The van der Waals surface area contributed by atoms with Crippen molar-refractivity contribution in [3.05, 3.63) is 93.1 Å². The van der Waals surface area contributed by atoms with Gasteiger partial charge in [0.2, 0.25) is 5.91 Å². The number of hydrogen-bond acceptors (Lipinski definition) is 7. The van der Waals surface area contributed by atoms with Gasteiger partial charge in [-0.05, 0) is 62.7 Å². The third kappa shape index (κ3) is 5.84. The summed E-state index contributed by atoms with van der Waals surface area (Å²) in [5.41, 5.74) is 0.753. The summed E-state index contributed by atoms with van der Waals surface area (Å²) >= 11 is 6.13. The predicted octanol–water partition coefficient (Wildman–Crippen LogP) is 4.69. The number of carbonyl (C=O) groups is 2. The van der Waals surface area contributed by atoms with Crippen molar-refractivity contribution >= 4 is 46.0 Å². The number of nitrogens with one attached hydrogen (secondary N) is 2. The summed E-state index contributed by atoms with van der Waals surface area (Å²) < 4.78 is 5.44. The zero-order valence-corrected chi connectivity index (χ0v) is 22.3. The Morgan fingerprint density at radius 3 is 2.53 bits per heavy atom. The Labute approximate surface area is 224 Å². The summed E-state index contributed by atoms with van der Waals surface area (Å²) in [5, 5.41) is 6.29. The average molecular weight is 534 g/mol. The van der Waals surface area contributed by atoms with Crippen LogP contribution in [-0.2, 0) is 11.2 Å². The number of amides is 2. The first kappa shape index (κ1) is 26.8. The first-order valence-corrected chi connectivity index (χ1v) is 12.4. The lowest BCUT2D eigenvalue weighted by molar-refractivity contribution is -0.133. The van der Waals surface area contributed by atoms with Crippen LogP contribution < -0.4 is 16.3 Å². The van der Waals surface area contributed by atoms with Crippen molar-refractivity contribution in [3.8, 4) is 0 Å². The summed E-state index contributed by atoms with van der Waals surface area (Å²) in [6.07, 6.45) is 2.32. The molecule has 0 atom stereocenters. The highest BCUT2D eigenvalue weighted by molar-refractivity contribution is 6.34. The molecule has 0 spiro atoms. The lowest BCUT2D eigenvalue weighted by Crippen LogP contribution is -2.49. The first-order valence-electron chi connectivity index (χ1n) is 12.0. The van der Waals surface area contributed by atoms with Crippen LogP contribution in [0.1, 0.15) is 35.5 Å². The molecule has 0 aliphatic heterocycles. The molecule has 0 saturated carbocycles. The van der Waals surface area contributed by atoms with Crippen LogP contribution in [0.3, 0.4) is 0 Å². The predicted molar refractivity (Wildman–Crippen MR) is 148 cm³/mol. The zero-order valence-electron chi connectivity index (χ0n) is 21.5. The fourth-order valence-electron chi connectivity index (χ4n) is 4.07. The number of benzene rings is 2. The van der Waals surface area contributed by atoms with Gasteiger partial charge in [0, 0.05) is 37.6 Å². The lowest BCUT2D eigenvalue weighted by atomic mass is 10.0. The topological polar surface area (TPSA) is 117 Å². The van der Waals surface area contributed by atoms with Crippen LogP contribution in [0, 0.1) is 6.92 Å². The van der Waals surface area contributed by atoms with Crippen LogP contribution in [0.2, 0.25) is 5.02 Å². The lowest BCUT2D eigenvalue weighted by Gasteiger charge is -2.30. The zero-order chi connectivity index (χ0) is 27.4. The van der Waals surface area contributed by atoms with Crippen LogP contribution >= 0.6 is 11.6 Å². The number of nitrogens with zero attached hydrogens (tertiary/aromatic N) is 3. The van der Waals surface area contributed by atoms with E-state index in [1.54, 1.807) is 75.3 Å². The van der Waals surface area contributed by atoms with E-state index in [0.29, 0.717) is 40.3 Å². The van der Waals surface area contributed by atoms with Crippen LogP contribution in [0.5, 0.6) is 0 Å². The molecule has 0 bridgehead atoms. The highest BCUT2D eigenvalue weighted by Gasteiger charge is 2.32. The van der Waals surface area contributed by atoms with Crippen molar-refractivity contribution in [2.45, 2.75) is 32.7 Å². The molecule has 4 rings (SSSR count). The van der Waals surface area contributed by atoms with Gasteiger partial charge >= 0.3 is 5.63 Å². The van der Waals surface area contributed by atoms with Crippen molar-refractivity contribution in [2.24, 2.45) is 0 Å². The molecule has 0 unspecified atom stereocenters. The highest BCUT2D eigenvalue weighted by atomic mass is 35.5. The number of hydrogen-bond donors (Lipinski definition) is 2. The summed E-state index contributed by atoms with van der Waals surface area (Å²) in [4.78, 5) is 49.1. The van der Waals surface area contributed by atoms with Crippen LogP contribution in [0.15, 0.2) is 70.0 Å². The number of halogens is 1. The van der Waals surface area contributed by atoms with Gasteiger partial charge in [0.25, 0.3) is 11.9 Å². The van der Waals surface area contributed by atoms with Crippen LogP contribution in [0.25, 0.3) is 10.9 Å². The van der Waals surface area contributed by atoms with Gasteiger partial charge in [0.15, 0.2) is 0 Å². The molecule has 2 amide bonds. The minimum Gasteiger partial charge on any atom is -0.389 e. The van der Waals surface area contributed by atoms with E-state index in [1.807, 2.05) is 18.2 Å². The average Bonchev–Trinajstić information content (AvgIpc) is 2.88. The van der Waals surface area contributed by atoms with E-state index in [0.717, 1.165) is 5.69 Å². The molecule has 0 radical (unpaired) electrons. The second-order valence-electron chi connectivity index (χ2n) is 9.42. The van der Waals surface area contributed by atoms with Crippen molar-refractivity contribution < 1.29 is 14.0 Å². The highest BCUT2D eigenvalue weighted by Crippen LogP contribution is 2.25. The molecule has 196 valence electrons. The maximum atomic E-state index is 13.1. The second kappa shape index (κ2) is 11.0. The fraction of sp³-hybridized carbons (Fsp3) is 0.250. The maximum Gasteiger partial charge on any atom is 0.348 e. The number of carbonyl (C=O) groups excluding carboxylic acids is 2. The second-order valence-corrected chi connectivity index (χ2v) is 9.83. The van der Waals surface area contributed by atoms with Crippen LogP contribution in [0.4, 0.5) is 11.7 Å². The Hall–Kier alpha value is -4.24. The summed E-state index contributed by atoms with van der Waals surface area (Å²) in [5.74, 6) is -0.604. The molecule has 4 aromatic rings. The molecular weight excluding hydrogens is 506 g/mol. The minimum absolute atomic E-state index is 0.0776. The fourth-order valence-corrected chi connectivity index (χ4v) is 4.29. The number of aryl methyl sites for hydroxylation is 1. The Morgan fingerprint density at radius 2 is 1.82 bits per heavy atom. The SMILES string of the molecule is Cc1c(NC(=O)c2ccccc2Cl)ccc2nc(NC(C)(C)C(=O)N(C)CCc3ccccn3)oc(=O)c12. The molecule has 0 fully saturated rings. The monoisotopic (exact) mass is 533 g/mol. The molecule has 2 N–H and O–H groups in total. The van der Waals surface area contributed by atoms with Gasteiger partial charge < -0.3 is 20.0 Å². The molecule has 2 aromatic carbocycles. The van der Waals surface area contributed by atoms with Crippen molar-refractivity contribution in [2.75, 3.05) is 24.2 Å². The standard InChI is InChI=1S/C28H28ClN5O4/c1-17-21(31-24(35)19-10-5-6-11-20(19)29)12-13-22-23(17)25(36)38-27(32-22)33-28(2,3)26(37)34(4)16-14-18-9-7-8-15-30-18/h5-13,15H,14,16H2,1-4H3,(H,31,35)(H,32,33). The number of anilines is 2. The van der Waals surface area contributed by atoms with Gasteiger partial charge in [-0.25, -0.2) is 4.79 Å². The quantitative estimate of drug-likeness (QED) is 0.337. The maximum absolute atomic E-state index is 13.1. The Morgan fingerprint density at radius 1 is 1.08 bits per heavy atom.